The number of hydrogen-bond donors (Lipinski definition) is 1. The number of nitrogens with zero attached hydrogens (tertiary/aromatic N) is 1. The zero-order valence-corrected chi connectivity index (χ0v) is 13.1. The summed E-state index contributed by atoms with van der Waals surface area (Å²) in [7, 11) is -4.26. The fraction of sp³-hybridized carbons (Fsp3) is 0.0769. The highest BCUT2D eigenvalue weighted by atomic mass is 35.5. The molecule has 0 radical (unpaired) electrons. The van der Waals surface area contributed by atoms with E-state index in [1.807, 2.05) is 4.72 Å². The monoisotopic (exact) mass is 380 g/mol. The van der Waals surface area contributed by atoms with Crippen LogP contribution < -0.4 is 4.72 Å². The molecular weight excluding hydrogens is 373 g/mol. The van der Waals surface area contributed by atoms with Crippen LogP contribution in [0.1, 0.15) is 5.56 Å². The molecule has 0 saturated carbocycles. The van der Waals surface area contributed by atoms with E-state index in [2.05, 4.69) is 0 Å². The second-order valence-corrected chi connectivity index (χ2v) is 6.64. The third-order valence-corrected chi connectivity index (χ3v) is 4.61. The highest BCUT2D eigenvalue weighted by Crippen LogP contribution is 2.34. The van der Waals surface area contributed by atoms with Gasteiger partial charge in [-0.3, -0.25) is 14.8 Å². The molecule has 0 atom stereocenters. The lowest BCUT2D eigenvalue weighted by Gasteiger charge is -2.12. The van der Waals surface area contributed by atoms with E-state index in [1.54, 1.807) is 0 Å². The number of rotatable bonds is 4. The van der Waals surface area contributed by atoms with Crippen molar-refractivity contribution in [2.45, 2.75) is 11.1 Å². The number of nitro groups is 1. The molecule has 0 fully saturated rings. The zero-order chi connectivity index (χ0) is 18.1. The summed E-state index contributed by atoms with van der Waals surface area (Å²) in [5, 5.41) is 10.3. The molecule has 0 aliphatic carbocycles. The van der Waals surface area contributed by atoms with Gasteiger partial charge in [-0.15, -0.1) is 0 Å². The average molecular weight is 381 g/mol. The predicted molar refractivity (Wildman–Crippen MR) is 80.4 cm³/mol. The van der Waals surface area contributed by atoms with Crippen molar-refractivity contribution in [2.75, 3.05) is 4.72 Å². The molecule has 24 heavy (non-hydrogen) atoms. The van der Waals surface area contributed by atoms with Crippen molar-refractivity contribution in [3.63, 3.8) is 0 Å². The van der Waals surface area contributed by atoms with Crippen molar-refractivity contribution in [1.82, 2.24) is 0 Å². The Labute approximate surface area is 139 Å². The quantitative estimate of drug-likeness (QED) is 0.639. The Bertz CT molecular complexity index is 883. The summed E-state index contributed by atoms with van der Waals surface area (Å²) in [6.45, 7) is 0. The van der Waals surface area contributed by atoms with Crippen LogP contribution in [0.4, 0.5) is 24.5 Å². The molecule has 6 nitrogen and oxygen atoms in total. The minimum Gasteiger partial charge on any atom is -0.278 e. The number of halogens is 4. The standard InChI is InChI=1S/C13H8ClF3N2O4S/c14-11-6-1-8(13(15,16)17)7-12(11)18-24(22,23)10-4-2-9(3-5-10)19(20)21/h1-7,18H. The summed E-state index contributed by atoms with van der Waals surface area (Å²) in [5.41, 5.74) is -1.86. The minimum absolute atomic E-state index is 0.228. The molecule has 0 saturated heterocycles. The maximum absolute atomic E-state index is 12.7. The summed E-state index contributed by atoms with van der Waals surface area (Å²) >= 11 is 5.72. The molecule has 0 aliphatic heterocycles. The minimum atomic E-state index is -4.67. The van der Waals surface area contributed by atoms with Gasteiger partial charge in [0.05, 0.1) is 26.1 Å². The van der Waals surface area contributed by atoms with Crippen molar-refractivity contribution in [3.05, 3.63) is 63.2 Å². The van der Waals surface area contributed by atoms with E-state index in [1.165, 1.54) is 0 Å². The third-order valence-electron chi connectivity index (χ3n) is 2.90. The number of hydrogen-bond acceptors (Lipinski definition) is 4. The van der Waals surface area contributed by atoms with Gasteiger partial charge in [0, 0.05) is 12.1 Å². The molecule has 2 aromatic carbocycles. The van der Waals surface area contributed by atoms with Crippen LogP contribution in [0.5, 0.6) is 0 Å². The molecule has 2 aromatic rings. The molecule has 0 aliphatic rings. The summed E-state index contributed by atoms with van der Waals surface area (Å²) in [6, 6.07) is 6.03. The van der Waals surface area contributed by atoms with Gasteiger partial charge in [0.2, 0.25) is 0 Å². The molecular formula is C13H8ClF3N2O4S. The molecule has 0 amide bonds. The smallest absolute Gasteiger partial charge is 0.278 e. The van der Waals surface area contributed by atoms with Gasteiger partial charge in [0.1, 0.15) is 0 Å². The molecule has 128 valence electrons. The van der Waals surface area contributed by atoms with Crippen LogP contribution in [0.2, 0.25) is 5.02 Å². The normalized spacial score (nSPS) is 12.0. The number of non-ortho nitro benzene ring substituents is 1. The van der Waals surface area contributed by atoms with Gasteiger partial charge >= 0.3 is 6.18 Å². The number of alkyl halides is 3. The number of nitro benzene ring substituents is 1. The number of benzene rings is 2. The van der Waals surface area contributed by atoms with Crippen molar-refractivity contribution in [2.24, 2.45) is 0 Å². The zero-order valence-electron chi connectivity index (χ0n) is 11.5. The fourth-order valence-electron chi connectivity index (χ4n) is 1.73. The van der Waals surface area contributed by atoms with Crippen molar-refractivity contribution < 1.29 is 26.5 Å². The van der Waals surface area contributed by atoms with Crippen LogP contribution in [0.3, 0.4) is 0 Å². The van der Waals surface area contributed by atoms with E-state index < -0.39 is 32.4 Å². The summed E-state index contributed by atoms with van der Waals surface area (Å²) < 4.78 is 64.4. The Hall–Kier alpha value is -2.33. The summed E-state index contributed by atoms with van der Waals surface area (Å²) in [6.07, 6.45) is -4.67. The summed E-state index contributed by atoms with van der Waals surface area (Å²) in [5.74, 6) is 0. The highest BCUT2D eigenvalue weighted by molar-refractivity contribution is 7.92. The Morgan fingerprint density at radius 3 is 2.17 bits per heavy atom. The largest absolute Gasteiger partial charge is 0.416 e. The van der Waals surface area contributed by atoms with Crippen molar-refractivity contribution >= 4 is 33.0 Å². The molecule has 0 heterocycles. The van der Waals surface area contributed by atoms with Crippen molar-refractivity contribution in [3.8, 4) is 0 Å². The van der Waals surface area contributed by atoms with Crippen LogP contribution in [0.15, 0.2) is 47.4 Å². The predicted octanol–water partition coefficient (Wildman–Crippen LogP) is 4.07. The van der Waals surface area contributed by atoms with Gasteiger partial charge in [-0.1, -0.05) is 11.6 Å². The molecule has 2 rings (SSSR count). The SMILES string of the molecule is O=[N+]([O-])c1ccc(S(=O)(=O)Nc2cc(C(F)(F)F)ccc2Cl)cc1. The number of anilines is 1. The lowest BCUT2D eigenvalue weighted by atomic mass is 10.2. The lowest BCUT2D eigenvalue weighted by molar-refractivity contribution is -0.384. The second-order valence-electron chi connectivity index (χ2n) is 4.55. The van der Waals surface area contributed by atoms with Gasteiger partial charge in [-0.2, -0.15) is 13.2 Å². The first-order chi connectivity index (χ1) is 11.0. The van der Waals surface area contributed by atoms with Gasteiger partial charge in [0.15, 0.2) is 0 Å². The van der Waals surface area contributed by atoms with E-state index in [0.29, 0.717) is 12.1 Å². The first-order valence-electron chi connectivity index (χ1n) is 6.15. The molecule has 1 N–H and O–H groups in total. The van der Waals surface area contributed by atoms with Crippen LogP contribution in [0.25, 0.3) is 0 Å². The average Bonchev–Trinajstić information content (AvgIpc) is 2.48. The van der Waals surface area contributed by atoms with E-state index in [9.17, 15) is 31.7 Å². The van der Waals surface area contributed by atoms with E-state index in [4.69, 9.17) is 11.6 Å². The highest BCUT2D eigenvalue weighted by Gasteiger charge is 2.31. The Balaban J connectivity index is 2.37. The number of nitrogens with one attached hydrogen (secondary N) is 1. The van der Waals surface area contributed by atoms with E-state index in [0.717, 1.165) is 30.3 Å². The first-order valence-corrected chi connectivity index (χ1v) is 8.01. The van der Waals surface area contributed by atoms with Gasteiger partial charge < -0.3 is 0 Å². The van der Waals surface area contributed by atoms with Crippen molar-refractivity contribution in [1.29, 1.82) is 0 Å². The Morgan fingerprint density at radius 1 is 1.08 bits per heavy atom. The molecule has 11 heteroatoms. The first kappa shape index (κ1) is 18.0. The third kappa shape index (κ3) is 3.95. The van der Waals surface area contributed by atoms with Crippen LogP contribution in [-0.2, 0) is 16.2 Å². The molecule has 0 aromatic heterocycles. The second kappa shape index (κ2) is 6.29. The molecule has 0 bridgehead atoms. The topological polar surface area (TPSA) is 89.3 Å². The Morgan fingerprint density at radius 2 is 1.67 bits per heavy atom. The van der Waals surface area contributed by atoms with Gasteiger partial charge in [-0.05, 0) is 30.3 Å². The maximum Gasteiger partial charge on any atom is 0.416 e. The van der Waals surface area contributed by atoms with Crippen LogP contribution >= 0.6 is 11.6 Å². The number of sulfonamides is 1. The van der Waals surface area contributed by atoms with Gasteiger partial charge in [-0.25, -0.2) is 8.42 Å². The van der Waals surface area contributed by atoms with E-state index in [-0.39, 0.29) is 15.6 Å². The lowest BCUT2D eigenvalue weighted by Crippen LogP contribution is -2.14. The van der Waals surface area contributed by atoms with Crippen LogP contribution in [-0.4, -0.2) is 13.3 Å². The molecule has 0 spiro atoms. The fourth-order valence-corrected chi connectivity index (χ4v) is 3.02. The van der Waals surface area contributed by atoms with Gasteiger partial charge in [0.25, 0.3) is 15.7 Å². The molecule has 0 unspecified atom stereocenters. The maximum atomic E-state index is 12.7. The Kier molecular flexibility index (Phi) is 4.72. The van der Waals surface area contributed by atoms with Crippen LogP contribution in [0, 0.1) is 10.1 Å². The summed E-state index contributed by atoms with van der Waals surface area (Å²) in [4.78, 5) is 9.47. The van der Waals surface area contributed by atoms with E-state index >= 15 is 0 Å².